The van der Waals surface area contributed by atoms with Crippen molar-refractivity contribution in [3.05, 3.63) is 55.4 Å². The zero-order chi connectivity index (χ0) is 22.9. The molecule has 1 aromatic carbocycles. The molecule has 0 aliphatic carbocycles. The second-order valence-corrected chi connectivity index (χ2v) is 8.66. The number of halogens is 1. The number of aromatic nitrogens is 3. The first kappa shape index (κ1) is 22.7. The van der Waals surface area contributed by atoms with Crippen molar-refractivity contribution in [3.8, 4) is 0 Å². The van der Waals surface area contributed by atoms with Gasteiger partial charge in [-0.25, -0.2) is 0 Å². The van der Waals surface area contributed by atoms with Crippen molar-refractivity contribution in [1.29, 1.82) is 0 Å². The summed E-state index contributed by atoms with van der Waals surface area (Å²) < 4.78 is 2.58. The summed E-state index contributed by atoms with van der Waals surface area (Å²) >= 11 is 3.39. The van der Waals surface area contributed by atoms with Gasteiger partial charge in [0.05, 0.1) is 12.2 Å². The van der Waals surface area contributed by atoms with E-state index < -0.39 is 0 Å². The third kappa shape index (κ3) is 4.87. The lowest BCUT2D eigenvalue weighted by Gasteiger charge is -2.18. The number of nitrogens with zero attached hydrogens (tertiary/aromatic N) is 3. The molecule has 2 N–H and O–H groups in total. The van der Waals surface area contributed by atoms with Crippen LogP contribution in [0.3, 0.4) is 0 Å². The topological polar surface area (TPSA) is 100 Å². The van der Waals surface area contributed by atoms with Gasteiger partial charge in [0.25, 0.3) is 5.56 Å². The van der Waals surface area contributed by atoms with Crippen LogP contribution in [-0.4, -0.2) is 45.1 Å². The summed E-state index contributed by atoms with van der Waals surface area (Å²) in [5.74, 6) is -0.479. The first-order valence-electron chi connectivity index (χ1n) is 9.93. The minimum atomic E-state index is -0.275. The minimum Gasteiger partial charge on any atom is -0.336 e. The molecule has 31 heavy (non-hydrogen) atoms. The lowest BCUT2D eigenvalue weighted by molar-refractivity contribution is -0.133. The van der Waals surface area contributed by atoms with Crippen LogP contribution in [0.2, 0.25) is 0 Å². The summed E-state index contributed by atoms with van der Waals surface area (Å²) in [6, 6.07) is 5.56. The van der Waals surface area contributed by atoms with Crippen molar-refractivity contribution in [3.63, 3.8) is 0 Å². The van der Waals surface area contributed by atoms with E-state index in [-0.39, 0.29) is 30.3 Å². The highest BCUT2D eigenvalue weighted by Crippen LogP contribution is 2.22. The van der Waals surface area contributed by atoms with Gasteiger partial charge in [0.2, 0.25) is 11.8 Å². The van der Waals surface area contributed by atoms with Crippen LogP contribution in [0.4, 0.5) is 5.69 Å². The van der Waals surface area contributed by atoms with Crippen LogP contribution in [0.5, 0.6) is 0 Å². The molecule has 0 unspecified atom stereocenters. The first-order valence-corrected chi connectivity index (χ1v) is 10.7. The molecule has 0 aliphatic heterocycles. The van der Waals surface area contributed by atoms with E-state index in [1.165, 1.54) is 4.90 Å². The van der Waals surface area contributed by atoms with Crippen LogP contribution in [-0.2, 0) is 23.1 Å². The summed E-state index contributed by atoms with van der Waals surface area (Å²) in [6.07, 6.45) is 0.428. The van der Waals surface area contributed by atoms with Gasteiger partial charge in [0.1, 0.15) is 5.65 Å². The largest absolute Gasteiger partial charge is 0.336 e. The number of nitrogens with one attached hydrogen (secondary N) is 2. The van der Waals surface area contributed by atoms with E-state index in [0.29, 0.717) is 23.3 Å². The lowest BCUT2D eigenvalue weighted by atomic mass is 10.0. The number of carbonyl (C=O) groups excluding carboxylic acids is 2. The van der Waals surface area contributed by atoms with E-state index in [0.717, 1.165) is 26.7 Å². The molecule has 3 rings (SSSR count). The van der Waals surface area contributed by atoms with Gasteiger partial charge in [-0.3, -0.25) is 19.1 Å². The minimum absolute atomic E-state index is 0.0651. The number of anilines is 1. The molecule has 164 valence electrons. The second-order valence-electron chi connectivity index (χ2n) is 7.75. The highest BCUT2D eigenvalue weighted by atomic mass is 79.9. The Morgan fingerprint density at radius 2 is 1.97 bits per heavy atom. The number of rotatable bonds is 6. The molecule has 8 nitrogen and oxygen atoms in total. The van der Waals surface area contributed by atoms with E-state index in [1.807, 2.05) is 39.0 Å². The number of aryl methyl sites for hydroxylation is 4. The van der Waals surface area contributed by atoms with Crippen molar-refractivity contribution >= 4 is 44.5 Å². The Balaban J connectivity index is 1.64. The van der Waals surface area contributed by atoms with E-state index >= 15 is 0 Å². The fourth-order valence-corrected chi connectivity index (χ4v) is 4.21. The maximum Gasteiger partial charge on any atom is 0.253 e. The van der Waals surface area contributed by atoms with Gasteiger partial charge in [-0.2, -0.15) is 5.10 Å². The molecule has 0 aliphatic rings. The normalized spacial score (nSPS) is 11.0. The molecule has 0 radical (unpaired) electrons. The summed E-state index contributed by atoms with van der Waals surface area (Å²) in [4.78, 5) is 41.7. The average molecular weight is 488 g/mol. The van der Waals surface area contributed by atoms with Gasteiger partial charge in [0, 0.05) is 41.6 Å². The summed E-state index contributed by atoms with van der Waals surface area (Å²) in [5.41, 5.74) is 4.32. The Hall–Kier alpha value is -2.94. The molecule has 0 saturated heterocycles. The van der Waals surface area contributed by atoms with Crippen LogP contribution in [0.25, 0.3) is 11.0 Å². The molecular formula is C22H26BrN5O3. The Kier molecular flexibility index (Phi) is 6.64. The maximum absolute atomic E-state index is 12.6. The van der Waals surface area contributed by atoms with Crippen molar-refractivity contribution in [2.45, 2.75) is 33.6 Å². The van der Waals surface area contributed by atoms with Gasteiger partial charge < -0.3 is 15.2 Å². The van der Waals surface area contributed by atoms with E-state index in [4.69, 9.17) is 0 Å². The molecule has 2 amide bonds. The van der Waals surface area contributed by atoms with E-state index in [1.54, 1.807) is 18.8 Å². The highest BCUT2D eigenvalue weighted by Gasteiger charge is 2.18. The summed E-state index contributed by atoms with van der Waals surface area (Å²) in [6.45, 7) is 5.60. The zero-order valence-electron chi connectivity index (χ0n) is 18.3. The summed E-state index contributed by atoms with van der Waals surface area (Å²) in [5, 5.41) is 8.09. The van der Waals surface area contributed by atoms with E-state index in [2.05, 4.69) is 31.3 Å². The van der Waals surface area contributed by atoms with Crippen LogP contribution in [0.1, 0.15) is 28.8 Å². The predicted molar refractivity (Wildman–Crippen MR) is 124 cm³/mol. The Labute approximate surface area is 188 Å². The molecule has 0 saturated carbocycles. The fraction of sp³-hybridized carbons (Fsp3) is 0.364. The molecule has 0 fully saturated rings. The molecule has 0 spiro atoms. The fourth-order valence-electron chi connectivity index (χ4n) is 3.74. The van der Waals surface area contributed by atoms with Crippen LogP contribution >= 0.6 is 15.9 Å². The Bertz CT molecular complexity index is 1230. The van der Waals surface area contributed by atoms with Gasteiger partial charge in [-0.15, -0.1) is 0 Å². The average Bonchev–Trinajstić information content (AvgIpc) is 2.97. The number of benzene rings is 1. The van der Waals surface area contributed by atoms with Gasteiger partial charge in [-0.05, 0) is 56.5 Å². The molecular weight excluding hydrogens is 462 g/mol. The van der Waals surface area contributed by atoms with Gasteiger partial charge in [-0.1, -0.05) is 15.9 Å². The number of hydrogen-bond acceptors (Lipinski definition) is 4. The van der Waals surface area contributed by atoms with E-state index in [9.17, 15) is 14.4 Å². The van der Waals surface area contributed by atoms with Gasteiger partial charge in [0.15, 0.2) is 0 Å². The standard InChI is InChI=1S/C22H26BrN5O3/c1-12-10-15(23)6-8-17(12)24-18(29)11-27(4)19(30)9-7-16-13(2)20-14(3)26-28(5)21(20)25-22(16)31/h6,8,10H,7,9,11H2,1-5H3,(H,24,29)(H,25,31). The molecule has 3 aromatic rings. The smallest absolute Gasteiger partial charge is 0.253 e. The SMILES string of the molecule is Cc1cc(Br)ccc1NC(=O)CN(C)C(=O)CCc1c(C)c2c(C)nn(C)c2[nH]c1=O. The van der Waals surface area contributed by atoms with Gasteiger partial charge >= 0.3 is 0 Å². The molecule has 2 heterocycles. The number of H-pyrrole nitrogens is 1. The molecule has 0 atom stereocenters. The molecule has 2 aromatic heterocycles. The quantitative estimate of drug-likeness (QED) is 0.557. The zero-order valence-corrected chi connectivity index (χ0v) is 19.9. The number of amides is 2. The predicted octanol–water partition coefficient (Wildman–Crippen LogP) is 2.98. The van der Waals surface area contributed by atoms with Crippen LogP contribution in [0.15, 0.2) is 27.5 Å². The second kappa shape index (κ2) is 9.05. The summed E-state index contributed by atoms with van der Waals surface area (Å²) in [7, 11) is 3.37. The Morgan fingerprint density at radius 1 is 1.26 bits per heavy atom. The maximum atomic E-state index is 12.6. The van der Waals surface area contributed by atoms with Crippen molar-refractivity contribution in [1.82, 2.24) is 19.7 Å². The first-order chi connectivity index (χ1) is 14.6. The number of hydrogen-bond donors (Lipinski definition) is 2. The third-order valence-electron chi connectivity index (χ3n) is 5.41. The van der Waals surface area contributed by atoms with Crippen molar-refractivity contribution in [2.24, 2.45) is 7.05 Å². The lowest BCUT2D eigenvalue weighted by Crippen LogP contribution is -2.35. The number of carbonyl (C=O) groups is 2. The highest BCUT2D eigenvalue weighted by molar-refractivity contribution is 9.10. The van der Waals surface area contributed by atoms with Crippen molar-refractivity contribution < 1.29 is 9.59 Å². The number of likely N-dealkylation sites (N-methyl/N-ethyl adjacent to an activating group) is 1. The monoisotopic (exact) mass is 487 g/mol. The Morgan fingerprint density at radius 3 is 2.65 bits per heavy atom. The van der Waals surface area contributed by atoms with Crippen LogP contribution < -0.4 is 10.9 Å². The molecule has 9 heteroatoms. The number of aromatic amines is 1. The third-order valence-corrected chi connectivity index (χ3v) is 5.91. The molecule has 0 bridgehead atoms. The number of fused-ring (bicyclic) bond motifs is 1. The van der Waals surface area contributed by atoms with Crippen LogP contribution in [0, 0.1) is 20.8 Å². The van der Waals surface area contributed by atoms with Crippen molar-refractivity contribution in [2.75, 3.05) is 18.9 Å². The number of pyridine rings is 1.